The fraction of sp³-hybridized carbons (Fsp3) is 0.714. The maximum absolute atomic E-state index is 9.01. The molecule has 1 aliphatic rings. The van der Waals surface area contributed by atoms with Crippen LogP contribution >= 0.6 is 11.3 Å². The van der Waals surface area contributed by atoms with Gasteiger partial charge >= 0.3 is 0 Å². The molecule has 1 atom stereocenters. The Morgan fingerprint density at radius 1 is 1.56 bits per heavy atom. The van der Waals surface area contributed by atoms with Crippen LogP contribution in [0.2, 0.25) is 0 Å². The lowest BCUT2D eigenvalue weighted by atomic mass is 10.1. The number of hydrogen-bond acceptors (Lipinski definition) is 4. The number of aliphatic hydroxyl groups is 1. The van der Waals surface area contributed by atoms with Crippen LogP contribution in [0, 0.1) is 12.8 Å². The van der Waals surface area contributed by atoms with E-state index in [0.717, 1.165) is 39.3 Å². The van der Waals surface area contributed by atoms with Gasteiger partial charge in [-0.3, -0.25) is 4.90 Å². The SMILES string of the molecule is Cc1ccsc1CN(CCCO)CC1CCOC1. The van der Waals surface area contributed by atoms with Crippen molar-refractivity contribution in [2.45, 2.75) is 26.3 Å². The van der Waals surface area contributed by atoms with Crippen LogP contribution in [0.4, 0.5) is 0 Å². The minimum Gasteiger partial charge on any atom is -0.396 e. The molecule has 0 amide bonds. The van der Waals surface area contributed by atoms with E-state index in [1.165, 1.54) is 16.9 Å². The van der Waals surface area contributed by atoms with Gasteiger partial charge in [0.05, 0.1) is 6.61 Å². The molecule has 1 aliphatic heterocycles. The van der Waals surface area contributed by atoms with Gasteiger partial charge in [-0.2, -0.15) is 0 Å². The van der Waals surface area contributed by atoms with Crippen molar-refractivity contribution in [3.8, 4) is 0 Å². The lowest BCUT2D eigenvalue weighted by Gasteiger charge is -2.24. The Balaban J connectivity index is 1.89. The van der Waals surface area contributed by atoms with E-state index in [0.29, 0.717) is 5.92 Å². The molecule has 1 N–H and O–H groups in total. The van der Waals surface area contributed by atoms with Crippen molar-refractivity contribution < 1.29 is 9.84 Å². The normalized spacial score (nSPS) is 19.8. The number of hydrogen-bond donors (Lipinski definition) is 1. The average molecular weight is 269 g/mol. The van der Waals surface area contributed by atoms with Crippen molar-refractivity contribution in [3.05, 3.63) is 21.9 Å². The predicted octanol–water partition coefficient (Wildman–Crippen LogP) is 2.28. The summed E-state index contributed by atoms with van der Waals surface area (Å²) in [6.07, 6.45) is 2.04. The zero-order chi connectivity index (χ0) is 12.8. The molecule has 2 heterocycles. The standard InChI is InChI=1S/C14H23NO2S/c1-12-4-8-18-14(12)10-15(5-2-6-16)9-13-3-7-17-11-13/h4,8,13,16H,2-3,5-7,9-11H2,1H3. The first-order valence-electron chi connectivity index (χ1n) is 6.73. The third kappa shape index (κ3) is 4.05. The number of thiophene rings is 1. The molecule has 0 aromatic carbocycles. The van der Waals surface area contributed by atoms with E-state index in [-0.39, 0.29) is 6.61 Å². The first-order valence-corrected chi connectivity index (χ1v) is 7.61. The topological polar surface area (TPSA) is 32.7 Å². The van der Waals surface area contributed by atoms with Gasteiger partial charge in [0.1, 0.15) is 0 Å². The second-order valence-corrected chi connectivity index (χ2v) is 6.07. The van der Waals surface area contributed by atoms with E-state index in [1.807, 2.05) is 11.3 Å². The van der Waals surface area contributed by atoms with Crippen molar-refractivity contribution >= 4 is 11.3 Å². The Bertz CT molecular complexity index is 347. The minimum atomic E-state index is 0.279. The van der Waals surface area contributed by atoms with Gasteiger partial charge in [0.2, 0.25) is 0 Å². The van der Waals surface area contributed by atoms with Crippen LogP contribution in [-0.2, 0) is 11.3 Å². The molecule has 3 nitrogen and oxygen atoms in total. The summed E-state index contributed by atoms with van der Waals surface area (Å²) in [6.45, 7) is 7.35. The molecule has 0 bridgehead atoms. The van der Waals surface area contributed by atoms with Gasteiger partial charge < -0.3 is 9.84 Å². The van der Waals surface area contributed by atoms with Crippen LogP contribution in [0.1, 0.15) is 23.3 Å². The van der Waals surface area contributed by atoms with E-state index in [4.69, 9.17) is 9.84 Å². The highest BCUT2D eigenvalue weighted by atomic mass is 32.1. The quantitative estimate of drug-likeness (QED) is 0.824. The maximum atomic E-state index is 9.01. The van der Waals surface area contributed by atoms with E-state index in [9.17, 15) is 0 Å². The molecule has 0 aliphatic carbocycles. The van der Waals surface area contributed by atoms with Crippen molar-refractivity contribution in [1.82, 2.24) is 4.90 Å². The predicted molar refractivity (Wildman–Crippen MR) is 75.0 cm³/mol. The van der Waals surface area contributed by atoms with E-state index < -0.39 is 0 Å². The maximum Gasteiger partial charge on any atom is 0.0507 e. The van der Waals surface area contributed by atoms with Gasteiger partial charge in [-0.1, -0.05) is 0 Å². The minimum absolute atomic E-state index is 0.279. The largest absolute Gasteiger partial charge is 0.396 e. The summed E-state index contributed by atoms with van der Waals surface area (Å²) in [4.78, 5) is 3.92. The van der Waals surface area contributed by atoms with Gasteiger partial charge in [0.25, 0.3) is 0 Å². The fourth-order valence-electron chi connectivity index (χ4n) is 2.39. The first kappa shape index (κ1) is 14.0. The third-order valence-corrected chi connectivity index (χ3v) is 4.52. The van der Waals surface area contributed by atoms with Crippen molar-refractivity contribution in [2.75, 3.05) is 32.9 Å². The Morgan fingerprint density at radius 2 is 2.44 bits per heavy atom. The van der Waals surface area contributed by atoms with Crippen LogP contribution in [0.25, 0.3) is 0 Å². The second-order valence-electron chi connectivity index (χ2n) is 5.07. The number of rotatable bonds is 7. The van der Waals surface area contributed by atoms with Crippen molar-refractivity contribution in [1.29, 1.82) is 0 Å². The van der Waals surface area contributed by atoms with Gasteiger partial charge in [-0.25, -0.2) is 0 Å². The molecule has 1 fully saturated rings. The molecule has 18 heavy (non-hydrogen) atoms. The Kier molecular flexibility index (Phi) is 5.63. The summed E-state index contributed by atoms with van der Waals surface area (Å²) in [5.74, 6) is 0.670. The molecule has 102 valence electrons. The molecule has 0 radical (unpaired) electrons. The molecule has 0 spiro atoms. The van der Waals surface area contributed by atoms with Crippen LogP contribution in [0.3, 0.4) is 0 Å². The van der Waals surface area contributed by atoms with Gasteiger partial charge in [0, 0.05) is 37.7 Å². The zero-order valence-corrected chi connectivity index (χ0v) is 11.9. The van der Waals surface area contributed by atoms with E-state index in [2.05, 4.69) is 23.3 Å². The molecule has 1 aromatic rings. The lowest BCUT2D eigenvalue weighted by Crippen LogP contribution is -2.30. The summed E-state index contributed by atoms with van der Waals surface area (Å²) in [5.41, 5.74) is 1.39. The van der Waals surface area contributed by atoms with Gasteiger partial charge in [0.15, 0.2) is 0 Å². The first-order chi connectivity index (χ1) is 8.79. The van der Waals surface area contributed by atoms with Crippen molar-refractivity contribution in [2.24, 2.45) is 5.92 Å². The van der Waals surface area contributed by atoms with Crippen LogP contribution in [0.15, 0.2) is 11.4 Å². The Morgan fingerprint density at radius 3 is 3.06 bits per heavy atom. The summed E-state index contributed by atoms with van der Waals surface area (Å²) >= 11 is 1.83. The number of aryl methyl sites for hydroxylation is 1. The summed E-state index contributed by atoms with van der Waals surface area (Å²) in [7, 11) is 0. The number of aliphatic hydroxyl groups excluding tert-OH is 1. The number of ether oxygens (including phenoxy) is 1. The van der Waals surface area contributed by atoms with Crippen LogP contribution in [-0.4, -0.2) is 42.9 Å². The third-order valence-electron chi connectivity index (χ3n) is 3.51. The molecule has 4 heteroatoms. The van der Waals surface area contributed by atoms with E-state index >= 15 is 0 Å². The summed E-state index contributed by atoms with van der Waals surface area (Å²) in [5, 5.41) is 11.2. The molecule has 1 aromatic heterocycles. The van der Waals surface area contributed by atoms with E-state index in [1.54, 1.807) is 0 Å². The Hall–Kier alpha value is -0.420. The summed E-state index contributed by atoms with van der Waals surface area (Å²) in [6, 6.07) is 2.18. The molecule has 1 saturated heterocycles. The summed E-state index contributed by atoms with van der Waals surface area (Å²) < 4.78 is 5.45. The Labute approximate surface area is 113 Å². The second kappa shape index (κ2) is 7.24. The van der Waals surface area contributed by atoms with Crippen molar-refractivity contribution in [3.63, 3.8) is 0 Å². The highest BCUT2D eigenvalue weighted by molar-refractivity contribution is 7.10. The monoisotopic (exact) mass is 269 g/mol. The highest BCUT2D eigenvalue weighted by Gasteiger charge is 2.19. The molecular weight excluding hydrogens is 246 g/mol. The van der Waals surface area contributed by atoms with Gasteiger partial charge in [-0.15, -0.1) is 11.3 Å². The highest BCUT2D eigenvalue weighted by Crippen LogP contribution is 2.20. The van der Waals surface area contributed by atoms with Crippen LogP contribution in [0.5, 0.6) is 0 Å². The molecule has 2 rings (SSSR count). The molecular formula is C14H23NO2S. The zero-order valence-electron chi connectivity index (χ0n) is 11.1. The smallest absolute Gasteiger partial charge is 0.0507 e. The lowest BCUT2D eigenvalue weighted by molar-refractivity contribution is 0.159. The molecule has 1 unspecified atom stereocenters. The molecule has 0 saturated carbocycles. The van der Waals surface area contributed by atoms with Crippen LogP contribution < -0.4 is 0 Å². The van der Waals surface area contributed by atoms with Gasteiger partial charge in [-0.05, 0) is 42.7 Å². The number of nitrogens with zero attached hydrogens (tertiary/aromatic N) is 1. The average Bonchev–Trinajstić information content (AvgIpc) is 2.99. The fourth-order valence-corrected chi connectivity index (χ4v) is 3.34.